The third-order valence-electron chi connectivity index (χ3n) is 3.75. The zero-order chi connectivity index (χ0) is 14.2. The number of rotatable bonds is 4. The maximum Gasteiger partial charge on any atom is 0.197 e. The van der Waals surface area contributed by atoms with Crippen LogP contribution in [0.15, 0.2) is 40.8 Å². The fraction of sp³-hybridized carbons (Fsp3) is 0.294. The predicted octanol–water partition coefficient (Wildman–Crippen LogP) is 4.20. The molecule has 1 aliphatic carbocycles. The van der Waals surface area contributed by atoms with Gasteiger partial charge >= 0.3 is 0 Å². The van der Waals surface area contributed by atoms with Gasteiger partial charge in [-0.1, -0.05) is 18.2 Å². The van der Waals surface area contributed by atoms with Crippen LogP contribution in [0.3, 0.4) is 0 Å². The summed E-state index contributed by atoms with van der Waals surface area (Å²) in [7, 11) is 0. The molecule has 1 fully saturated rings. The molecule has 0 radical (unpaired) electrons. The highest BCUT2D eigenvalue weighted by Gasteiger charge is 2.26. The fourth-order valence-corrected chi connectivity index (χ4v) is 2.53. The van der Waals surface area contributed by atoms with Gasteiger partial charge in [0.05, 0.1) is 0 Å². The van der Waals surface area contributed by atoms with Crippen LogP contribution in [0, 0.1) is 0 Å². The largest absolute Gasteiger partial charge is 0.453 e. The molecule has 1 aliphatic rings. The van der Waals surface area contributed by atoms with Crippen molar-refractivity contribution in [2.24, 2.45) is 0 Å². The first kappa shape index (κ1) is 12.4. The van der Waals surface area contributed by atoms with Gasteiger partial charge in [0.25, 0.3) is 0 Å². The Hall–Kier alpha value is -2.36. The van der Waals surface area contributed by atoms with E-state index in [0.717, 1.165) is 34.8 Å². The van der Waals surface area contributed by atoms with Crippen molar-refractivity contribution in [3.8, 4) is 11.6 Å². The first-order valence-electron chi connectivity index (χ1n) is 7.45. The molecule has 1 N–H and O–H groups in total. The summed E-state index contributed by atoms with van der Waals surface area (Å²) in [6.45, 7) is 2.92. The molecule has 4 heteroatoms. The molecule has 2 heterocycles. The highest BCUT2D eigenvalue weighted by atomic mass is 16.3. The third-order valence-corrected chi connectivity index (χ3v) is 3.75. The zero-order valence-corrected chi connectivity index (χ0v) is 12.0. The molecule has 1 aromatic carbocycles. The number of hydrogen-bond acceptors (Lipinski definition) is 4. The van der Waals surface area contributed by atoms with Crippen LogP contribution in [0.5, 0.6) is 0 Å². The summed E-state index contributed by atoms with van der Waals surface area (Å²) in [5.41, 5.74) is 1.99. The van der Waals surface area contributed by atoms with Gasteiger partial charge in [0.2, 0.25) is 0 Å². The van der Waals surface area contributed by atoms with E-state index in [9.17, 15) is 0 Å². The van der Waals surface area contributed by atoms with Crippen LogP contribution in [-0.2, 0) is 0 Å². The van der Waals surface area contributed by atoms with Crippen LogP contribution in [0.2, 0.25) is 0 Å². The number of furan rings is 1. The van der Waals surface area contributed by atoms with Crippen molar-refractivity contribution in [2.45, 2.75) is 25.7 Å². The molecule has 3 aromatic rings. The standard InChI is InChI=1S/C17H17N3O/c1-2-18-16-10-13(11-7-8-11)19-17(20-16)15-9-12-5-3-4-6-14(12)21-15/h3-6,9-11H,2,7-8H2,1H3,(H,18,19,20). The van der Waals surface area contributed by atoms with Crippen LogP contribution in [0.1, 0.15) is 31.4 Å². The monoisotopic (exact) mass is 279 g/mol. The second kappa shape index (κ2) is 4.88. The van der Waals surface area contributed by atoms with Crippen molar-refractivity contribution in [3.63, 3.8) is 0 Å². The van der Waals surface area contributed by atoms with Crippen molar-refractivity contribution < 1.29 is 4.42 Å². The maximum absolute atomic E-state index is 5.89. The average Bonchev–Trinajstić information content (AvgIpc) is 3.26. The normalized spacial score (nSPS) is 14.5. The summed E-state index contributed by atoms with van der Waals surface area (Å²) in [6.07, 6.45) is 2.45. The van der Waals surface area contributed by atoms with Crippen LogP contribution in [0.4, 0.5) is 5.82 Å². The van der Waals surface area contributed by atoms with Gasteiger partial charge in [-0.2, -0.15) is 0 Å². The van der Waals surface area contributed by atoms with E-state index in [2.05, 4.69) is 23.3 Å². The van der Waals surface area contributed by atoms with E-state index in [1.807, 2.05) is 30.3 Å². The van der Waals surface area contributed by atoms with Gasteiger partial charge in [0.15, 0.2) is 11.6 Å². The lowest BCUT2D eigenvalue weighted by molar-refractivity contribution is 0.624. The quantitative estimate of drug-likeness (QED) is 0.777. The summed E-state index contributed by atoms with van der Waals surface area (Å²) in [6, 6.07) is 12.1. The van der Waals surface area contributed by atoms with Gasteiger partial charge < -0.3 is 9.73 Å². The van der Waals surface area contributed by atoms with Gasteiger partial charge in [0, 0.05) is 29.6 Å². The van der Waals surface area contributed by atoms with Crippen LogP contribution in [-0.4, -0.2) is 16.5 Å². The minimum atomic E-state index is 0.591. The molecule has 0 unspecified atom stereocenters. The summed E-state index contributed by atoms with van der Waals surface area (Å²) >= 11 is 0. The zero-order valence-electron chi connectivity index (χ0n) is 12.0. The molecular weight excluding hydrogens is 262 g/mol. The van der Waals surface area contributed by atoms with Crippen LogP contribution >= 0.6 is 0 Å². The van der Waals surface area contributed by atoms with Gasteiger partial charge in [-0.25, -0.2) is 9.97 Å². The molecule has 21 heavy (non-hydrogen) atoms. The predicted molar refractivity (Wildman–Crippen MR) is 83.4 cm³/mol. The molecule has 2 aromatic heterocycles. The number of aromatic nitrogens is 2. The van der Waals surface area contributed by atoms with E-state index in [0.29, 0.717) is 11.7 Å². The van der Waals surface area contributed by atoms with Crippen LogP contribution in [0.25, 0.3) is 22.6 Å². The molecule has 1 saturated carbocycles. The minimum Gasteiger partial charge on any atom is -0.453 e. The fourth-order valence-electron chi connectivity index (χ4n) is 2.53. The lowest BCUT2D eigenvalue weighted by atomic mass is 10.2. The number of nitrogens with zero attached hydrogens (tertiary/aromatic N) is 2. The van der Waals surface area contributed by atoms with Gasteiger partial charge in [-0.15, -0.1) is 0 Å². The summed E-state index contributed by atoms with van der Waals surface area (Å²) in [4.78, 5) is 9.28. The molecule has 0 bridgehead atoms. The molecule has 0 amide bonds. The van der Waals surface area contributed by atoms with E-state index in [-0.39, 0.29) is 0 Å². The summed E-state index contributed by atoms with van der Waals surface area (Å²) < 4.78 is 5.89. The minimum absolute atomic E-state index is 0.591. The topological polar surface area (TPSA) is 51.0 Å². The maximum atomic E-state index is 5.89. The van der Waals surface area contributed by atoms with E-state index in [4.69, 9.17) is 9.40 Å². The van der Waals surface area contributed by atoms with E-state index in [1.165, 1.54) is 12.8 Å². The first-order chi connectivity index (χ1) is 10.3. The van der Waals surface area contributed by atoms with E-state index < -0.39 is 0 Å². The highest BCUT2D eigenvalue weighted by Crippen LogP contribution is 2.40. The van der Waals surface area contributed by atoms with Crippen molar-refractivity contribution in [3.05, 3.63) is 42.1 Å². The number of anilines is 1. The first-order valence-corrected chi connectivity index (χ1v) is 7.45. The Bertz CT molecular complexity index is 757. The Kier molecular flexibility index (Phi) is 2.88. The summed E-state index contributed by atoms with van der Waals surface area (Å²) in [5, 5.41) is 4.36. The lowest BCUT2D eigenvalue weighted by Crippen LogP contribution is -2.03. The Morgan fingerprint density at radius 3 is 2.81 bits per heavy atom. The second-order valence-corrected chi connectivity index (χ2v) is 5.45. The molecule has 0 saturated heterocycles. The van der Waals surface area contributed by atoms with Gasteiger partial charge in [0.1, 0.15) is 11.4 Å². The van der Waals surface area contributed by atoms with Crippen LogP contribution < -0.4 is 5.32 Å². The van der Waals surface area contributed by atoms with Crippen molar-refractivity contribution >= 4 is 16.8 Å². The summed E-state index contributed by atoms with van der Waals surface area (Å²) in [5.74, 6) is 2.88. The molecule has 4 rings (SSSR count). The van der Waals surface area contributed by atoms with E-state index >= 15 is 0 Å². The lowest BCUT2D eigenvalue weighted by Gasteiger charge is -2.06. The van der Waals surface area contributed by atoms with Crippen molar-refractivity contribution in [1.82, 2.24) is 9.97 Å². The molecule has 106 valence electrons. The van der Waals surface area contributed by atoms with Gasteiger partial charge in [-0.3, -0.25) is 0 Å². The second-order valence-electron chi connectivity index (χ2n) is 5.45. The van der Waals surface area contributed by atoms with Crippen molar-refractivity contribution in [2.75, 3.05) is 11.9 Å². The smallest absolute Gasteiger partial charge is 0.197 e. The number of para-hydroxylation sites is 1. The average molecular weight is 279 g/mol. The molecule has 0 spiro atoms. The van der Waals surface area contributed by atoms with E-state index in [1.54, 1.807) is 0 Å². The molecule has 0 aliphatic heterocycles. The Morgan fingerprint density at radius 1 is 1.19 bits per heavy atom. The highest BCUT2D eigenvalue weighted by molar-refractivity contribution is 5.81. The Balaban J connectivity index is 1.81. The molecule has 0 atom stereocenters. The van der Waals surface area contributed by atoms with Crippen molar-refractivity contribution in [1.29, 1.82) is 0 Å². The SMILES string of the molecule is CCNc1cc(C2CC2)nc(-c2cc3ccccc3o2)n1. The third kappa shape index (κ3) is 2.37. The number of fused-ring (bicyclic) bond motifs is 1. The number of hydrogen-bond donors (Lipinski definition) is 1. The Labute approximate surface area is 123 Å². The molecular formula is C17H17N3O. The molecule has 4 nitrogen and oxygen atoms in total. The Morgan fingerprint density at radius 2 is 2.05 bits per heavy atom. The van der Waals surface area contributed by atoms with Gasteiger partial charge in [-0.05, 0) is 31.9 Å². The number of benzene rings is 1. The number of nitrogens with one attached hydrogen (secondary N) is 1.